The summed E-state index contributed by atoms with van der Waals surface area (Å²) >= 11 is 12.6. The molecule has 5 aromatic rings. The summed E-state index contributed by atoms with van der Waals surface area (Å²) in [5.74, 6) is -1.11. The van der Waals surface area contributed by atoms with Gasteiger partial charge in [-0.1, -0.05) is 77.8 Å². The Kier molecular flexibility index (Phi) is 6.33. The minimum atomic E-state index is -0.520. The largest absolute Gasteiger partial charge is 0.460 e. The van der Waals surface area contributed by atoms with Gasteiger partial charge in [0, 0.05) is 15.8 Å². The fourth-order valence-corrected chi connectivity index (χ4v) is 4.63. The summed E-state index contributed by atoms with van der Waals surface area (Å²) in [5, 5.41) is 2.65. The minimum Gasteiger partial charge on any atom is -0.460 e. The molecule has 5 rings (SSSR count). The average Bonchev–Trinajstić information content (AvgIpc) is 3.20. The van der Waals surface area contributed by atoms with Crippen LogP contribution in [0.25, 0.3) is 21.8 Å². The maximum atomic E-state index is 13.7. The number of halogens is 2. The lowest BCUT2D eigenvalue weighted by molar-refractivity contribution is -0.146. The molecule has 0 saturated carbocycles. The Hall–Kier alpha value is -3.60. The number of benzene rings is 4. The number of carbonyl (C=O) groups is 2. The quantitative estimate of drug-likeness (QED) is 0.232. The van der Waals surface area contributed by atoms with Crippen molar-refractivity contribution in [1.29, 1.82) is 0 Å². The Bertz CT molecular complexity index is 1570. The summed E-state index contributed by atoms with van der Waals surface area (Å²) in [7, 11) is 0. The first-order chi connectivity index (χ1) is 16.9. The molecular formula is C29H21Cl2NO3. The molecule has 4 nitrogen and oxygen atoms in total. The number of esters is 1. The zero-order valence-electron chi connectivity index (χ0n) is 18.9. The highest BCUT2D eigenvalue weighted by atomic mass is 35.5. The fraction of sp³-hybridized carbons (Fsp3) is 0.103. The van der Waals surface area contributed by atoms with Crippen molar-refractivity contribution in [3.05, 3.63) is 118 Å². The molecule has 0 aliphatic heterocycles. The monoisotopic (exact) mass is 501 g/mol. The Labute approximate surface area is 212 Å². The molecule has 0 bridgehead atoms. The van der Waals surface area contributed by atoms with Crippen molar-refractivity contribution in [2.75, 3.05) is 0 Å². The van der Waals surface area contributed by atoms with Gasteiger partial charge in [0.15, 0.2) is 0 Å². The maximum Gasteiger partial charge on any atom is 0.313 e. The van der Waals surface area contributed by atoms with Crippen LogP contribution in [-0.4, -0.2) is 16.4 Å². The third-order valence-electron chi connectivity index (χ3n) is 6.14. The van der Waals surface area contributed by atoms with Crippen molar-refractivity contribution < 1.29 is 14.3 Å². The Morgan fingerprint density at radius 3 is 2.34 bits per heavy atom. The number of ether oxygens (including phenoxy) is 1. The van der Waals surface area contributed by atoms with E-state index in [4.69, 9.17) is 27.9 Å². The Balaban J connectivity index is 1.57. The summed E-state index contributed by atoms with van der Waals surface area (Å²) in [6.07, 6.45) is 0. The normalized spacial score (nSPS) is 12.1. The highest BCUT2D eigenvalue weighted by Gasteiger charge is 2.23. The molecule has 1 atom stereocenters. The molecule has 0 spiro atoms. The molecule has 0 aliphatic carbocycles. The molecule has 0 N–H and O–H groups in total. The van der Waals surface area contributed by atoms with Gasteiger partial charge in [-0.05, 0) is 54.4 Å². The smallest absolute Gasteiger partial charge is 0.313 e. The van der Waals surface area contributed by atoms with Crippen LogP contribution in [-0.2, 0) is 16.1 Å². The second-order valence-corrected chi connectivity index (χ2v) is 9.22. The molecule has 0 radical (unpaired) electrons. The molecule has 0 aliphatic rings. The lowest BCUT2D eigenvalue weighted by atomic mass is 9.99. The van der Waals surface area contributed by atoms with Crippen LogP contribution in [0, 0.1) is 0 Å². The van der Waals surface area contributed by atoms with Crippen LogP contribution in [0.5, 0.6) is 0 Å². The predicted molar refractivity (Wildman–Crippen MR) is 140 cm³/mol. The number of aromatic nitrogens is 1. The van der Waals surface area contributed by atoms with Crippen molar-refractivity contribution in [1.82, 2.24) is 4.57 Å². The van der Waals surface area contributed by atoms with Gasteiger partial charge < -0.3 is 4.74 Å². The van der Waals surface area contributed by atoms with Crippen LogP contribution in [0.4, 0.5) is 0 Å². The molecule has 1 aromatic heterocycles. The minimum absolute atomic E-state index is 0.204. The lowest BCUT2D eigenvalue weighted by Gasteiger charge is -2.13. The van der Waals surface area contributed by atoms with Crippen LogP contribution in [0.2, 0.25) is 10.0 Å². The second kappa shape index (κ2) is 9.57. The van der Waals surface area contributed by atoms with Crippen molar-refractivity contribution in [3.8, 4) is 0 Å². The number of rotatable bonds is 5. The van der Waals surface area contributed by atoms with Gasteiger partial charge in [0.1, 0.15) is 6.61 Å². The summed E-state index contributed by atoms with van der Waals surface area (Å²) in [6, 6.07) is 27.6. The lowest BCUT2D eigenvalue weighted by Crippen LogP contribution is -2.14. The molecule has 1 heterocycles. The van der Waals surface area contributed by atoms with E-state index in [1.807, 2.05) is 60.7 Å². The second-order valence-electron chi connectivity index (χ2n) is 8.37. The molecule has 1 unspecified atom stereocenters. The van der Waals surface area contributed by atoms with Gasteiger partial charge in [-0.3, -0.25) is 14.2 Å². The summed E-state index contributed by atoms with van der Waals surface area (Å²) in [6.45, 7) is 2.00. The molecular weight excluding hydrogens is 481 g/mol. The van der Waals surface area contributed by atoms with Crippen molar-refractivity contribution in [2.45, 2.75) is 19.4 Å². The first kappa shape index (κ1) is 23.2. The average molecular weight is 502 g/mol. The van der Waals surface area contributed by atoms with Gasteiger partial charge >= 0.3 is 5.97 Å². The topological polar surface area (TPSA) is 48.3 Å². The molecule has 4 aromatic carbocycles. The van der Waals surface area contributed by atoms with Crippen molar-refractivity contribution in [3.63, 3.8) is 0 Å². The SMILES string of the molecule is CC(C(=O)OCc1ccccc1)c1ccc2c3cc(Cl)ccc3n(C(=O)c3ccccc3Cl)c2c1. The molecule has 0 amide bonds. The van der Waals surface area contributed by atoms with Gasteiger partial charge in [0.25, 0.3) is 5.91 Å². The van der Waals surface area contributed by atoms with E-state index in [9.17, 15) is 9.59 Å². The standard InChI is InChI=1S/C29H21Cl2NO3/c1-18(29(34)35-17-19-7-3-2-4-8-19)20-11-13-22-24-16-21(30)12-14-26(24)32(27(22)15-20)28(33)23-9-5-6-10-25(23)31/h2-16,18H,17H2,1H3. The van der Waals surface area contributed by atoms with E-state index >= 15 is 0 Å². The highest BCUT2D eigenvalue weighted by molar-refractivity contribution is 6.35. The van der Waals surface area contributed by atoms with E-state index in [1.54, 1.807) is 41.8 Å². The van der Waals surface area contributed by atoms with Crippen molar-refractivity contribution in [2.24, 2.45) is 0 Å². The van der Waals surface area contributed by atoms with Crippen LogP contribution >= 0.6 is 23.2 Å². The molecule has 35 heavy (non-hydrogen) atoms. The number of carbonyl (C=O) groups excluding carboxylic acids is 2. The van der Waals surface area contributed by atoms with Gasteiger partial charge in [-0.2, -0.15) is 0 Å². The van der Waals surface area contributed by atoms with E-state index < -0.39 is 5.92 Å². The number of fused-ring (bicyclic) bond motifs is 3. The highest BCUT2D eigenvalue weighted by Crippen LogP contribution is 2.34. The Morgan fingerprint density at radius 1 is 0.829 bits per heavy atom. The number of nitrogens with zero attached hydrogens (tertiary/aromatic N) is 1. The van der Waals surface area contributed by atoms with Crippen LogP contribution in [0.3, 0.4) is 0 Å². The first-order valence-corrected chi connectivity index (χ1v) is 11.9. The van der Waals surface area contributed by atoms with Gasteiger partial charge in [0.05, 0.1) is 27.5 Å². The van der Waals surface area contributed by atoms with Gasteiger partial charge in [-0.25, -0.2) is 0 Å². The zero-order chi connectivity index (χ0) is 24.5. The number of hydrogen-bond donors (Lipinski definition) is 0. The molecule has 174 valence electrons. The van der Waals surface area contributed by atoms with E-state index in [2.05, 4.69) is 0 Å². The third-order valence-corrected chi connectivity index (χ3v) is 6.70. The predicted octanol–water partition coefficient (Wildman–Crippen LogP) is 7.64. The maximum absolute atomic E-state index is 13.7. The number of hydrogen-bond acceptors (Lipinski definition) is 3. The Morgan fingerprint density at radius 2 is 1.57 bits per heavy atom. The van der Waals surface area contributed by atoms with E-state index in [-0.39, 0.29) is 18.5 Å². The fourth-order valence-electron chi connectivity index (χ4n) is 4.24. The van der Waals surface area contributed by atoms with Crippen LogP contribution in [0.15, 0.2) is 91.0 Å². The van der Waals surface area contributed by atoms with Gasteiger partial charge in [-0.15, -0.1) is 0 Å². The summed E-state index contributed by atoms with van der Waals surface area (Å²) < 4.78 is 7.18. The summed E-state index contributed by atoms with van der Waals surface area (Å²) in [5.41, 5.74) is 3.45. The van der Waals surface area contributed by atoms with E-state index in [0.29, 0.717) is 26.6 Å². The van der Waals surface area contributed by atoms with Crippen LogP contribution < -0.4 is 0 Å². The molecule has 0 fully saturated rings. The van der Waals surface area contributed by atoms with E-state index in [1.165, 1.54) is 0 Å². The van der Waals surface area contributed by atoms with Crippen LogP contribution in [0.1, 0.15) is 34.3 Å². The van der Waals surface area contributed by atoms with E-state index in [0.717, 1.165) is 21.9 Å². The van der Waals surface area contributed by atoms with Gasteiger partial charge in [0.2, 0.25) is 0 Å². The zero-order valence-corrected chi connectivity index (χ0v) is 20.4. The molecule has 6 heteroatoms. The summed E-state index contributed by atoms with van der Waals surface area (Å²) in [4.78, 5) is 26.5. The van der Waals surface area contributed by atoms with Crippen molar-refractivity contribution >= 4 is 56.9 Å². The first-order valence-electron chi connectivity index (χ1n) is 11.2. The third kappa shape index (κ3) is 4.43. The molecule has 0 saturated heterocycles.